The van der Waals surface area contributed by atoms with Gasteiger partial charge < -0.3 is 10.2 Å². The molecule has 0 atom stereocenters. The monoisotopic (exact) mass is 280 g/mol. The van der Waals surface area contributed by atoms with Crippen molar-refractivity contribution < 1.29 is 0 Å². The van der Waals surface area contributed by atoms with Crippen LogP contribution in [0.3, 0.4) is 0 Å². The van der Waals surface area contributed by atoms with Crippen molar-refractivity contribution in [1.29, 1.82) is 0 Å². The van der Waals surface area contributed by atoms with E-state index in [4.69, 9.17) is 4.98 Å². The van der Waals surface area contributed by atoms with Crippen molar-refractivity contribution >= 4 is 23.4 Å². The maximum Gasteiger partial charge on any atom is 0.138 e. The Morgan fingerprint density at radius 2 is 1.79 bits per heavy atom. The third kappa shape index (κ3) is 3.14. The van der Waals surface area contributed by atoms with Crippen LogP contribution in [0.5, 0.6) is 0 Å². The average molecular weight is 280 g/mol. The van der Waals surface area contributed by atoms with E-state index in [-0.39, 0.29) is 5.41 Å². The normalized spacial score (nSPS) is 16.6. The van der Waals surface area contributed by atoms with Gasteiger partial charge in [0.1, 0.15) is 17.5 Å². The van der Waals surface area contributed by atoms with Gasteiger partial charge in [0.2, 0.25) is 0 Å². The lowest BCUT2D eigenvalue weighted by Crippen LogP contribution is -2.34. The standard InChI is InChI=1S/C14H24N4S/c1-10-11(15-5)16-13(14(2,3)4)17-12(10)18-6-8-19-9-7-18/h6-9H2,1-5H3,(H,15,16,17). The number of nitrogens with one attached hydrogen (secondary N) is 1. The van der Waals surface area contributed by atoms with Crippen LogP contribution in [0.15, 0.2) is 0 Å². The van der Waals surface area contributed by atoms with Gasteiger partial charge in [-0.15, -0.1) is 0 Å². The van der Waals surface area contributed by atoms with E-state index in [1.54, 1.807) is 0 Å². The molecule has 2 rings (SSSR count). The molecular weight excluding hydrogens is 256 g/mol. The maximum absolute atomic E-state index is 4.84. The summed E-state index contributed by atoms with van der Waals surface area (Å²) in [6.45, 7) is 10.7. The van der Waals surface area contributed by atoms with Crippen LogP contribution in [0, 0.1) is 6.92 Å². The number of nitrogens with zero attached hydrogens (tertiary/aromatic N) is 3. The van der Waals surface area contributed by atoms with Crippen LogP contribution in [-0.4, -0.2) is 41.6 Å². The molecule has 106 valence electrons. The Kier molecular flexibility index (Phi) is 4.23. The van der Waals surface area contributed by atoms with Crippen molar-refractivity contribution in [3.8, 4) is 0 Å². The summed E-state index contributed by atoms with van der Waals surface area (Å²) in [6.07, 6.45) is 0. The summed E-state index contributed by atoms with van der Waals surface area (Å²) in [5.41, 5.74) is 1.13. The molecule has 0 aliphatic carbocycles. The van der Waals surface area contributed by atoms with Crippen molar-refractivity contribution in [2.45, 2.75) is 33.1 Å². The molecule has 19 heavy (non-hydrogen) atoms. The molecule has 0 unspecified atom stereocenters. The van der Waals surface area contributed by atoms with Crippen LogP contribution < -0.4 is 10.2 Å². The number of hydrogen-bond acceptors (Lipinski definition) is 5. The summed E-state index contributed by atoms with van der Waals surface area (Å²) in [5, 5.41) is 3.20. The Morgan fingerprint density at radius 1 is 1.16 bits per heavy atom. The van der Waals surface area contributed by atoms with Gasteiger partial charge in [-0.25, -0.2) is 9.97 Å². The van der Waals surface area contributed by atoms with Crippen LogP contribution >= 0.6 is 11.8 Å². The molecule has 1 N–H and O–H groups in total. The van der Waals surface area contributed by atoms with Gasteiger partial charge in [0.05, 0.1) is 0 Å². The Hall–Kier alpha value is -0.970. The first-order valence-corrected chi connectivity index (χ1v) is 7.98. The van der Waals surface area contributed by atoms with Crippen LogP contribution in [0.25, 0.3) is 0 Å². The summed E-state index contributed by atoms with van der Waals surface area (Å²) in [4.78, 5) is 11.9. The van der Waals surface area contributed by atoms with Crippen molar-refractivity contribution in [2.24, 2.45) is 0 Å². The summed E-state index contributed by atoms with van der Waals surface area (Å²) in [7, 11) is 1.93. The highest BCUT2D eigenvalue weighted by Gasteiger charge is 2.23. The lowest BCUT2D eigenvalue weighted by atomic mass is 9.95. The minimum Gasteiger partial charge on any atom is -0.373 e. The lowest BCUT2D eigenvalue weighted by Gasteiger charge is -2.30. The highest BCUT2D eigenvalue weighted by atomic mass is 32.2. The van der Waals surface area contributed by atoms with E-state index in [0.717, 1.165) is 36.1 Å². The van der Waals surface area contributed by atoms with Crippen molar-refractivity contribution in [3.05, 3.63) is 11.4 Å². The van der Waals surface area contributed by atoms with E-state index < -0.39 is 0 Å². The largest absolute Gasteiger partial charge is 0.373 e. The van der Waals surface area contributed by atoms with E-state index in [9.17, 15) is 0 Å². The molecule has 1 aromatic rings. The molecule has 0 amide bonds. The molecule has 0 bridgehead atoms. The minimum absolute atomic E-state index is 0.0292. The molecule has 0 saturated carbocycles. The van der Waals surface area contributed by atoms with E-state index in [2.05, 4.69) is 42.9 Å². The van der Waals surface area contributed by atoms with E-state index in [0.29, 0.717) is 0 Å². The number of anilines is 2. The third-order valence-electron chi connectivity index (χ3n) is 3.34. The Morgan fingerprint density at radius 3 is 2.32 bits per heavy atom. The third-order valence-corrected chi connectivity index (χ3v) is 4.28. The van der Waals surface area contributed by atoms with E-state index in [1.807, 2.05) is 18.8 Å². The first-order chi connectivity index (χ1) is 8.93. The predicted molar refractivity (Wildman–Crippen MR) is 84.6 cm³/mol. The first kappa shape index (κ1) is 14.4. The van der Waals surface area contributed by atoms with Crippen molar-refractivity contribution in [3.63, 3.8) is 0 Å². The molecule has 1 fully saturated rings. The minimum atomic E-state index is -0.0292. The van der Waals surface area contributed by atoms with Gasteiger partial charge >= 0.3 is 0 Å². The fourth-order valence-corrected chi connectivity index (χ4v) is 3.07. The molecule has 2 heterocycles. The lowest BCUT2D eigenvalue weighted by molar-refractivity contribution is 0.544. The first-order valence-electron chi connectivity index (χ1n) is 6.83. The Balaban J connectivity index is 2.45. The quantitative estimate of drug-likeness (QED) is 0.902. The summed E-state index contributed by atoms with van der Waals surface area (Å²) < 4.78 is 0. The van der Waals surface area contributed by atoms with E-state index >= 15 is 0 Å². The Labute approximate surface area is 120 Å². The molecule has 0 radical (unpaired) electrons. The SMILES string of the molecule is CNc1nc(C(C)(C)C)nc(N2CCSCC2)c1C. The van der Waals surface area contributed by atoms with Crippen molar-refractivity contribution in [2.75, 3.05) is 41.9 Å². The van der Waals surface area contributed by atoms with Crippen LogP contribution in [0.1, 0.15) is 32.2 Å². The van der Waals surface area contributed by atoms with Crippen LogP contribution in [0.2, 0.25) is 0 Å². The van der Waals surface area contributed by atoms with Gasteiger partial charge in [-0.3, -0.25) is 0 Å². The fourth-order valence-electron chi connectivity index (χ4n) is 2.17. The molecule has 1 saturated heterocycles. The fraction of sp³-hybridized carbons (Fsp3) is 0.714. The van der Waals surface area contributed by atoms with Crippen molar-refractivity contribution in [1.82, 2.24) is 9.97 Å². The molecule has 5 heteroatoms. The van der Waals surface area contributed by atoms with E-state index in [1.165, 1.54) is 11.5 Å². The maximum atomic E-state index is 4.84. The molecule has 0 spiro atoms. The zero-order chi connectivity index (χ0) is 14.0. The summed E-state index contributed by atoms with van der Waals surface area (Å²) in [5.74, 6) is 5.33. The highest BCUT2D eigenvalue weighted by molar-refractivity contribution is 7.99. The second-order valence-electron chi connectivity index (χ2n) is 5.94. The molecule has 0 aromatic carbocycles. The van der Waals surface area contributed by atoms with Gasteiger partial charge in [0, 0.05) is 42.6 Å². The van der Waals surface area contributed by atoms with Gasteiger partial charge in [0.15, 0.2) is 0 Å². The molecular formula is C14H24N4S. The molecule has 1 aliphatic rings. The van der Waals surface area contributed by atoms with Crippen LogP contribution in [0.4, 0.5) is 11.6 Å². The number of thioether (sulfide) groups is 1. The Bertz CT molecular complexity index is 447. The molecule has 1 aromatic heterocycles. The van der Waals surface area contributed by atoms with Gasteiger partial charge in [-0.2, -0.15) is 11.8 Å². The predicted octanol–water partition coefficient (Wildman–Crippen LogP) is 2.68. The molecule has 4 nitrogen and oxygen atoms in total. The second kappa shape index (κ2) is 5.57. The number of aromatic nitrogens is 2. The second-order valence-corrected chi connectivity index (χ2v) is 7.17. The average Bonchev–Trinajstić information content (AvgIpc) is 2.38. The van der Waals surface area contributed by atoms with Gasteiger partial charge in [-0.05, 0) is 6.92 Å². The van der Waals surface area contributed by atoms with Gasteiger partial charge in [0.25, 0.3) is 0 Å². The van der Waals surface area contributed by atoms with Gasteiger partial charge in [-0.1, -0.05) is 20.8 Å². The zero-order valence-electron chi connectivity index (χ0n) is 12.6. The highest BCUT2D eigenvalue weighted by Crippen LogP contribution is 2.29. The number of hydrogen-bond donors (Lipinski definition) is 1. The summed E-state index contributed by atoms with van der Waals surface area (Å²) >= 11 is 2.02. The number of rotatable bonds is 2. The summed E-state index contributed by atoms with van der Waals surface area (Å²) in [6, 6.07) is 0. The zero-order valence-corrected chi connectivity index (χ0v) is 13.4. The smallest absolute Gasteiger partial charge is 0.138 e. The van der Waals surface area contributed by atoms with Crippen LogP contribution in [-0.2, 0) is 5.41 Å². The topological polar surface area (TPSA) is 41.1 Å². The molecule has 1 aliphatic heterocycles.